The minimum Gasteiger partial charge on any atom is -0.399 e. The summed E-state index contributed by atoms with van der Waals surface area (Å²) in [5, 5.41) is 0. The van der Waals surface area contributed by atoms with E-state index in [1.165, 1.54) is 12.8 Å². The summed E-state index contributed by atoms with van der Waals surface area (Å²) in [6.45, 7) is 2.13. The van der Waals surface area contributed by atoms with Gasteiger partial charge < -0.3 is 10.6 Å². The van der Waals surface area contributed by atoms with Crippen molar-refractivity contribution in [1.82, 2.24) is 0 Å². The Labute approximate surface area is 109 Å². The maximum Gasteiger partial charge on any atom is 0.232 e. The topological polar surface area (TPSA) is 46.3 Å². The normalized spacial score (nSPS) is 17.7. The molecule has 2 rings (SSSR count). The number of hydrogen-bond donors (Lipinski definition) is 1. The quantitative estimate of drug-likeness (QED) is 0.832. The fraction of sp³-hybridized carbons (Fsp3) is 0.533. The van der Waals surface area contributed by atoms with Crippen molar-refractivity contribution in [2.24, 2.45) is 5.41 Å². The van der Waals surface area contributed by atoms with Gasteiger partial charge in [0.1, 0.15) is 0 Å². The largest absolute Gasteiger partial charge is 0.399 e. The minimum absolute atomic E-state index is 0.129. The summed E-state index contributed by atoms with van der Waals surface area (Å²) in [6, 6.07) is 7.50. The van der Waals surface area contributed by atoms with Gasteiger partial charge in [-0.25, -0.2) is 0 Å². The number of nitrogens with zero attached hydrogens (tertiary/aromatic N) is 1. The van der Waals surface area contributed by atoms with Gasteiger partial charge in [0.15, 0.2) is 0 Å². The van der Waals surface area contributed by atoms with Crippen LogP contribution < -0.4 is 10.6 Å². The molecule has 1 amide bonds. The van der Waals surface area contributed by atoms with E-state index in [1.807, 2.05) is 31.3 Å². The van der Waals surface area contributed by atoms with Crippen LogP contribution in [0.2, 0.25) is 0 Å². The molecular formula is C15H22N2O. The summed E-state index contributed by atoms with van der Waals surface area (Å²) in [7, 11) is 1.86. The van der Waals surface area contributed by atoms with E-state index < -0.39 is 0 Å². The van der Waals surface area contributed by atoms with Gasteiger partial charge in [0, 0.05) is 23.8 Å². The predicted molar refractivity (Wildman–Crippen MR) is 75.5 cm³/mol. The molecule has 98 valence electrons. The van der Waals surface area contributed by atoms with Gasteiger partial charge in [-0.2, -0.15) is 0 Å². The zero-order valence-electron chi connectivity index (χ0n) is 11.3. The lowest BCUT2D eigenvalue weighted by Gasteiger charge is -2.31. The molecule has 1 fully saturated rings. The van der Waals surface area contributed by atoms with Crippen LogP contribution in [0.4, 0.5) is 11.4 Å². The number of benzene rings is 1. The lowest BCUT2D eigenvalue weighted by atomic mass is 9.82. The summed E-state index contributed by atoms with van der Waals surface area (Å²) in [4.78, 5) is 14.5. The van der Waals surface area contributed by atoms with Crippen LogP contribution in [0, 0.1) is 5.41 Å². The Morgan fingerprint density at radius 1 is 1.28 bits per heavy atom. The predicted octanol–water partition coefficient (Wildman–Crippen LogP) is 3.20. The maximum absolute atomic E-state index is 12.7. The van der Waals surface area contributed by atoms with E-state index >= 15 is 0 Å². The number of nitrogens with two attached hydrogens (primary N) is 1. The Hall–Kier alpha value is -1.51. The average molecular weight is 246 g/mol. The molecule has 0 heterocycles. The van der Waals surface area contributed by atoms with Crippen molar-refractivity contribution in [3.8, 4) is 0 Å². The molecular weight excluding hydrogens is 224 g/mol. The van der Waals surface area contributed by atoms with E-state index in [-0.39, 0.29) is 11.3 Å². The molecule has 1 aliphatic rings. The molecule has 0 saturated heterocycles. The van der Waals surface area contributed by atoms with Crippen LogP contribution in [0.25, 0.3) is 0 Å². The molecule has 1 aliphatic carbocycles. The molecule has 1 aromatic rings. The van der Waals surface area contributed by atoms with Crippen LogP contribution in [0.5, 0.6) is 0 Å². The van der Waals surface area contributed by atoms with E-state index in [0.29, 0.717) is 0 Å². The zero-order chi connectivity index (χ0) is 13.2. The van der Waals surface area contributed by atoms with Crippen molar-refractivity contribution in [1.29, 1.82) is 0 Å². The molecule has 0 atom stereocenters. The average Bonchev–Trinajstić information content (AvgIpc) is 2.88. The second kappa shape index (κ2) is 5.01. The maximum atomic E-state index is 12.7. The Balaban J connectivity index is 2.20. The number of carbonyl (C=O) groups is 1. The fourth-order valence-corrected chi connectivity index (χ4v) is 2.94. The Morgan fingerprint density at radius 2 is 1.83 bits per heavy atom. The molecule has 0 radical (unpaired) electrons. The third-order valence-electron chi connectivity index (χ3n) is 4.28. The minimum atomic E-state index is -0.129. The first-order chi connectivity index (χ1) is 8.59. The van der Waals surface area contributed by atoms with Gasteiger partial charge in [-0.3, -0.25) is 4.79 Å². The number of carbonyl (C=O) groups excluding carboxylic acids is 1. The summed E-state index contributed by atoms with van der Waals surface area (Å²) in [5.41, 5.74) is 7.20. The second-order valence-corrected chi connectivity index (χ2v) is 5.30. The van der Waals surface area contributed by atoms with E-state index in [4.69, 9.17) is 5.73 Å². The molecule has 0 spiro atoms. The standard InChI is InChI=1S/C15H22N2O/c1-3-15(10-4-5-11-15)14(18)17(2)13-8-6-12(16)7-9-13/h6-9H,3-5,10-11,16H2,1-2H3. The van der Waals surface area contributed by atoms with Gasteiger partial charge in [0.25, 0.3) is 0 Å². The Morgan fingerprint density at radius 3 is 2.33 bits per heavy atom. The molecule has 0 aromatic heterocycles. The van der Waals surface area contributed by atoms with Crippen molar-refractivity contribution in [2.75, 3.05) is 17.7 Å². The van der Waals surface area contributed by atoms with Crippen LogP contribution in [0.15, 0.2) is 24.3 Å². The monoisotopic (exact) mass is 246 g/mol. The van der Waals surface area contributed by atoms with Crippen LogP contribution >= 0.6 is 0 Å². The third-order valence-corrected chi connectivity index (χ3v) is 4.28. The molecule has 0 bridgehead atoms. The molecule has 2 N–H and O–H groups in total. The van der Waals surface area contributed by atoms with Crippen LogP contribution in [-0.2, 0) is 4.79 Å². The fourth-order valence-electron chi connectivity index (χ4n) is 2.94. The highest BCUT2D eigenvalue weighted by Crippen LogP contribution is 2.42. The summed E-state index contributed by atoms with van der Waals surface area (Å²) in [5.74, 6) is 0.257. The molecule has 0 aliphatic heterocycles. The molecule has 18 heavy (non-hydrogen) atoms. The SMILES string of the molecule is CCC1(C(=O)N(C)c2ccc(N)cc2)CCCC1. The van der Waals surface area contributed by atoms with Crippen molar-refractivity contribution in [2.45, 2.75) is 39.0 Å². The van der Waals surface area contributed by atoms with Crippen molar-refractivity contribution < 1.29 is 4.79 Å². The number of amides is 1. The third kappa shape index (κ3) is 2.22. The molecule has 3 nitrogen and oxygen atoms in total. The van der Waals surface area contributed by atoms with Gasteiger partial charge in [0.2, 0.25) is 5.91 Å². The lowest BCUT2D eigenvalue weighted by molar-refractivity contribution is -0.127. The van der Waals surface area contributed by atoms with Crippen molar-refractivity contribution >= 4 is 17.3 Å². The van der Waals surface area contributed by atoms with Crippen LogP contribution in [0.1, 0.15) is 39.0 Å². The van der Waals surface area contributed by atoms with Gasteiger partial charge in [-0.15, -0.1) is 0 Å². The van der Waals surface area contributed by atoms with Crippen LogP contribution in [-0.4, -0.2) is 13.0 Å². The highest BCUT2D eigenvalue weighted by molar-refractivity contribution is 5.97. The first kappa shape index (κ1) is 12.9. The van der Waals surface area contributed by atoms with Gasteiger partial charge in [-0.1, -0.05) is 19.8 Å². The van der Waals surface area contributed by atoms with Crippen molar-refractivity contribution in [3.63, 3.8) is 0 Å². The molecule has 1 aromatic carbocycles. The van der Waals surface area contributed by atoms with E-state index in [1.54, 1.807) is 4.90 Å². The first-order valence-corrected chi connectivity index (χ1v) is 6.73. The highest BCUT2D eigenvalue weighted by Gasteiger charge is 2.41. The Bertz CT molecular complexity index is 419. The summed E-state index contributed by atoms with van der Waals surface area (Å²) in [6.07, 6.45) is 5.35. The Kier molecular flexibility index (Phi) is 3.60. The van der Waals surface area contributed by atoms with E-state index in [0.717, 1.165) is 30.6 Å². The van der Waals surface area contributed by atoms with Gasteiger partial charge in [-0.05, 0) is 43.5 Å². The van der Waals surface area contributed by atoms with E-state index in [9.17, 15) is 4.79 Å². The number of rotatable bonds is 3. The van der Waals surface area contributed by atoms with Gasteiger partial charge >= 0.3 is 0 Å². The smallest absolute Gasteiger partial charge is 0.232 e. The van der Waals surface area contributed by atoms with Crippen molar-refractivity contribution in [3.05, 3.63) is 24.3 Å². The number of hydrogen-bond acceptors (Lipinski definition) is 2. The van der Waals surface area contributed by atoms with Crippen LogP contribution in [0.3, 0.4) is 0 Å². The summed E-state index contributed by atoms with van der Waals surface area (Å²) < 4.78 is 0. The molecule has 3 heteroatoms. The molecule has 0 unspecified atom stereocenters. The zero-order valence-corrected chi connectivity index (χ0v) is 11.3. The highest BCUT2D eigenvalue weighted by atomic mass is 16.2. The number of anilines is 2. The molecule has 1 saturated carbocycles. The number of nitrogen functional groups attached to an aromatic ring is 1. The second-order valence-electron chi connectivity index (χ2n) is 5.30. The van der Waals surface area contributed by atoms with E-state index in [2.05, 4.69) is 6.92 Å². The lowest BCUT2D eigenvalue weighted by Crippen LogP contribution is -2.40. The summed E-state index contributed by atoms with van der Waals surface area (Å²) >= 11 is 0. The van der Waals surface area contributed by atoms with Gasteiger partial charge in [0.05, 0.1) is 0 Å². The first-order valence-electron chi connectivity index (χ1n) is 6.73.